The van der Waals surface area contributed by atoms with E-state index in [-0.39, 0.29) is 23.2 Å². The van der Waals surface area contributed by atoms with Gasteiger partial charge in [0.15, 0.2) is 0 Å². The topological polar surface area (TPSA) is 107 Å². The maximum Gasteiger partial charge on any atom is 0.421 e. The zero-order valence-corrected chi connectivity index (χ0v) is 19.5. The number of β-amino-alcohol motifs (C(OH)–C–C–N with tert-alkyl or cyclic N) is 1. The minimum atomic E-state index is -4.66. The summed E-state index contributed by atoms with van der Waals surface area (Å²) in [6.45, 7) is 5.76. The molecule has 3 rings (SSSR count). The van der Waals surface area contributed by atoms with Gasteiger partial charge in [-0.2, -0.15) is 18.2 Å². The first-order valence-corrected chi connectivity index (χ1v) is 12.1. The lowest BCUT2D eigenvalue weighted by molar-refractivity contribution is -0.137. The fourth-order valence-corrected chi connectivity index (χ4v) is 4.88. The number of piperidine rings is 1. The zero-order valence-electron chi connectivity index (χ0n) is 18.7. The highest BCUT2D eigenvalue weighted by atomic mass is 32.2. The second-order valence-electron chi connectivity index (χ2n) is 8.45. The fourth-order valence-electron chi connectivity index (χ4n) is 3.66. The second kappa shape index (κ2) is 9.43. The van der Waals surface area contributed by atoms with Crippen molar-refractivity contribution in [3.63, 3.8) is 0 Å². The Balaban J connectivity index is 1.91. The molecule has 33 heavy (non-hydrogen) atoms. The van der Waals surface area contributed by atoms with Crippen LogP contribution in [0.4, 0.5) is 30.6 Å². The van der Waals surface area contributed by atoms with Gasteiger partial charge in [-0.15, -0.1) is 0 Å². The van der Waals surface area contributed by atoms with E-state index in [1.54, 1.807) is 13.8 Å². The number of aromatic nitrogens is 2. The van der Waals surface area contributed by atoms with Crippen LogP contribution in [-0.4, -0.2) is 48.7 Å². The molecule has 0 saturated carbocycles. The molecule has 8 nitrogen and oxygen atoms in total. The molecule has 1 fully saturated rings. The van der Waals surface area contributed by atoms with Gasteiger partial charge in [0, 0.05) is 31.5 Å². The van der Waals surface area contributed by atoms with E-state index in [1.807, 2.05) is 6.92 Å². The van der Waals surface area contributed by atoms with E-state index in [1.165, 1.54) is 23.1 Å². The van der Waals surface area contributed by atoms with Crippen molar-refractivity contribution in [1.29, 1.82) is 0 Å². The van der Waals surface area contributed by atoms with Gasteiger partial charge < -0.3 is 15.3 Å². The molecule has 1 aliphatic heterocycles. The Kier molecular flexibility index (Phi) is 7.20. The Morgan fingerprint density at radius 2 is 2.03 bits per heavy atom. The third kappa shape index (κ3) is 6.12. The van der Waals surface area contributed by atoms with Crippen LogP contribution in [0, 0.1) is 6.92 Å². The molecule has 12 heteroatoms. The highest BCUT2D eigenvalue weighted by Gasteiger charge is 2.39. The maximum atomic E-state index is 13.6. The molecular weight excluding hydrogens is 459 g/mol. The van der Waals surface area contributed by atoms with Crippen molar-refractivity contribution in [2.24, 2.45) is 0 Å². The van der Waals surface area contributed by atoms with Gasteiger partial charge >= 0.3 is 6.18 Å². The third-order valence-electron chi connectivity index (χ3n) is 5.35. The standard InChI is InChI=1S/C21H28F3N5O3S/c1-4-9-26-33(31,32)15-6-7-17(14(2)11-15)27-19-25-12-16(21(22,23)24)18(28-19)29-10-5-8-20(3,30)13-29/h6-7,11-12,26,30H,4-5,8-10,13H2,1-3H3,(H,25,27,28)/t20-/m0/s1. The molecule has 0 spiro atoms. The first-order valence-electron chi connectivity index (χ1n) is 10.6. The number of hydrogen-bond acceptors (Lipinski definition) is 7. The van der Waals surface area contributed by atoms with Gasteiger partial charge in [0.25, 0.3) is 0 Å². The Labute approximate surface area is 191 Å². The van der Waals surface area contributed by atoms with Crippen molar-refractivity contribution in [1.82, 2.24) is 14.7 Å². The molecule has 2 heterocycles. The number of nitrogens with one attached hydrogen (secondary N) is 2. The van der Waals surface area contributed by atoms with E-state index in [9.17, 15) is 26.7 Å². The lowest BCUT2D eigenvalue weighted by Gasteiger charge is -2.38. The normalized spacial score (nSPS) is 19.5. The van der Waals surface area contributed by atoms with E-state index >= 15 is 0 Å². The summed E-state index contributed by atoms with van der Waals surface area (Å²) < 4.78 is 68.0. The average molecular weight is 488 g/mol. The van der Waals surface area contributed by atoms with Crippen molar-refractivity contribution in [2.45, 2.75) is 56.7 Å². The number of anilines is 3. The largest absolute Gasteiger partial charge is 0.421 e. The van der Waals surface area contributed by atoms with Gasteiger partial charge in [-0.3, -0.25) is 0 Å². The van der Waals surface area contributed by atoms with Crippen molar-refractivity contribution >= 4 is 27.5 Å². The SMILES string of the molecule is CCCNS(=O)(=O)c1ccc(Nc2ncc(C(F)(F)F)c(N3CCC[C@](C)(O)C3)n2)c(C)c1. The van der Waals surface area contributed by atoms with Gasteiger partial charge in [0.2, 0.25) is 16.0 Å². The quantitative estimate of drug-likeness (QED) is 0.548. The fraction of sp³-hybridized carbons (Fsp3) is 0.524. The van der Waals surface area contributed by atoms with Crippen molar-refractivity contribution in [3.8, 4) is 0 Å². The van der Waals surface area contributed by atoms with Crippen molar-refractivity contribution in [3.05, 3.63) is 35.5 Å². The van der Waals surface area contributed by atoms with Crippen LogP contribution in [0.5, 0.6) is 0 Å². The molecule has 0 aliphatic carbocycles. The minimum absolute atomic E-state index is 0.0167. The monoisotopic (exact) mass is 487 g/mol. The lowest BCUT2D eigenvalue weighted by Crippen LogP contribution is -2.47. The van der Waals surface area contributed by atoms with E-state index in [4.69, 9.17) is 0 Å². The molecule has 1 aliphatic rings. The van der Waals surface area contributed by atoms with Crippen LogP contribution in [-0.2, 0) is 16.2 Å². The Morgan fingerprint density at radius 1 is 1.30 bits per heavy atom. The Morgan fingerprint density at radius 3 is 2.64 bits per heavy atom. The van der Waals surface area contributed by atoms with Crippen molar-refractivity contribution in [2.75, 3.05) is 29.9 Å². The summed E-state index contributed by atoms with van der Waals surface area (Å²) in [4.78, 5) is 9.45. The number of hydrogen-bond donors (Lipinski definition) is 3. The predicted molar refractivity (Wildman–Crippen MR) is 119 cm³/mol. The summed E-state index contributed by atoms with van der Waals surface area (Å²) in [6, 6.07) is 4.38. The molecule has 1 aromatic carbocycles. The van der Waals surface area contributed by atoms with E-state index in [0.717, 1.165) is 6.20 Å². The summed E-state index contributed by atoms with van der Waals surface area (Å²) in [5.41, 5.74) is -1.09. The Bertz CT molecular complexity index is 1110. The zero-order chi connectivity index (χ0) is 24.4. The highest BCUT2D eigenvalue weighted by Crippen LogP contribution is 2.37. The van der Waals surface area contributed by atoms with Crippen LogP contribution < -0.4 is 14.9 Å². The molecule has 0 radical (unpaired) electrons. The van der Waals surface area contributed by atoms with Crippen LogP contribution in [0.3, 0.4) is 0 Å². The van der Waals surface area contributed by atoms with Crippen molar-refractivity contribution < 1.29 is 26.7 Å². The smallest absolute Gasteiger partial charge is 0.388 e. The van der Waals surface area contributed by atoms with E-state index in [0.29, 0.717) is 43.6 Å². The maximum absolute atomic E-state index is 13.6. The van der Waals surface area contributed by atoms with Gasteiger partial charge in [-0.1, -0.05) is 6.92 Å². The molecular formula is C21H28F3N5O3S. The number of benzene rings is 1. The van der Waals surface area contributed by atoms with E-state index < -0.39 is 27.4 Å². The number of nitrogens with zero attached hydrogens (tertiary/aromatic N) is 3. The second-order valence-corrected chi connectivity index (χ2v) is 10.2. The van der Waals surface area contributed by atoms with Gasteiger partial charge in [0.05, 0.1) is 10.5 Å². The molecule has 1 atom stereocenters. The molecule has 2 aromatic rings. The number of aliphatic hydroxyl groups is 1. The van der Waals surface area contributed by atoms with Crippen LogP contribution in [0.15, 0.2) is 29.3 Å². The first kappa shape index (κ1) is 25.2. The summed E-state index contributed by atoms with van der Waals surface area (Å²) >= 11 is 0. The number of rotatable bonds is 7. The number of sulfonamides is 1. The lowest BCUT2D eigenvalue weighted by atomic mass is 9.95. The molecule has 1 saturated heterocycles. The average Bonchev–Trinajstić information content (AvgIpc) is 2.72. The molecule has 1 aromatic heterocycles. The molecule has 3 N–H and O–H groups in total. The number of halogens is 3. The van der Waals surface area contributed by atoms with Crippen LogP contribution in [0.1, 0.15) is 44.2 Å². The van der Waals surface area contributed by atoms with Gasteiger partial charge in [-0.25, -0.2) is 18.1 Å². The van der Waals surface area contributed by atoms with Crippen LogP contribution in [0.2, 0.25) is 0 Å². The number of aryl methyl sites for hydroxylation is 1. The minimum Gasteiger partial charge on any atom is -0.388 e. The highest BCUT2D eigenvalue weighted by molar-refractivity contribution is 7.89. The molecule has 182 valence electrons. The third-order valence-corrected chi connectivity index (χ3v) is 6.80. The molecule has 0 amide bonds. The first-order chi connectivity index (χ1) is 15.3. The predicted octanol–water partition coefficient (Wildman–Crippen LogP) is 3.59. The van der Waals surface area contributed by atoms with Crippen LogP contribution in [0.25, 0.3) is 0 Å². The summed E-state index contributed by atoms with van der Waals surface area (Å²) in [6.07, 6.45) is -2.27. The van der Waals surface area contributed by atoms with E-state index in [2.05, 4.69) is 20.0 Å². The molecule has 0 unspecified atom stereocenters. The van der Waals surface area contributed by atoms with Gasteiger partial charge in [0.1, 0.15) is 11.4 Å². The van der Waals surface area contributed by atoms with Gasteiger partial charge in [-0.05, 0) is 56.9 Å². The summed E-state index contributed by atoms with van der Waals surface area (Å²) in [7, 11) is -3.65. The molecule has 0 bridgehead atoms. The van der Waals surface area contributed by atoms with Crippen LogP contribution >= 0.6 is 0 Å². The Hall–Kier alpha value is -2.44. The number of alkyl halides is 3. The summed E-state index contributed by atoms with van der Waals surface area (Å²) in [5, 5.41) is 13.2. The summed E-state index contributed by atoms with van der Waals surface area (Å²) in [5.74, 6) is -0.369.